The molecule has 0 amide bonds. The lowest BCUT2D eigenvalue weighted by Crippen LogP contribution is -1.84. The molecule has 2 rings (SSSR count). The summed E-state index contributed by atoms with van der Waals surface area (Å²) in [6, 6.07) is 10.4. The Labute approximate surface area is 84.4 Å². The highest BCUT2D eigenvalue weighted by Gasteiger charge is 2.08. The van der Waals surface area contributed by atoms with Crippen molar-refractivity contribution in [1.82, 2.24) is 0 Å². The molecule has 1 heteroatoms. The van der Waals surface area contributed by atoms with Crippen LogP contribution >= 0.6 is 0 Å². The minimum atomic E-state index is 0.107. The minimum Gasteiger partial charge on any atom is -0.392 e. The molecule has 0 fully saturated rings. The van der Waals surface area contributed by atoms with Crippen molar-refractivity contribution in [3.05, 3.63) is 47.0 Å². The minimum absolute atomic E-state index is 0.107. The van der Waals surface area contributed by atoms with Gasteiger partial charge in [-0.1, -0.05) is 35.9 Å². The van der Waals surface area contributed by atoms with Gasteiger partial charge in [-0.2, -0.15) is 0 Å². The van der Waals surface area contributed by atoms with E-state index >= 15 is 0 Å². The maximum absolute atomic E-state index is 9.28. The molecule has 1 N–H and O–H groups in total. The number of aryl methyl sites for hydroxylation is 2. The van der Waals surface area contributed by atoms with Crippen molar-refractivity contribution in [3.63, 3.8) is 0 Å². The van der Waals surface area contributed by atoms with E-state index in [0.717, 1.165) is 11.1 Å². The molecule has 0 unspecified atom stereocenters. The van der Waals surface area contributed by atoms with Crippen molar-refractivity contribution in [1.29, 1.82) is 0 Å². The zero-order valence-electron chi connectivity index (χ0n) is 8.54. The van der Waals surface area contributed by atoms with Crippen LogP contribution in [0.2, 0.25) is 0 Å². The molecule has 0 spiro atoms. The lowest BCUT2D eigenvalue weighted by Gasteiger charge is -2.00. The van der Waals surface area contributed by atoms with Gasteiger partial charge in [0.1, 0.15) is 0 Å². The Morgan fingerprint density at radius 2 is 1.79 bits per heavy atom. The average molecular weight is 186 g/mol. The van der Waals surface area contributed by atoms with Crippen LogP contribution in [0.15, 0.2) is 30.3 Å². The Kier molecular flexibility index (Phi) is 2.26. The van der Waals surface area contributed by atoms with E-state index in [0.29, 0.717) is 0 Å². The maximum Gasteiger partial charge on any atom is 0.0687 e. The zero-order valence-corrected chi connectivity index (χ0v) is 8.54. The van der Waals surface area contributed by atoms with Gasteiger partial charge in [-0.15, -0.1) is 0 Å². The number of fused-ring (bicyclic) bond motifs is 1. The highest BCUT2D eigenvalue weighted by atomic mass is 16.3. The van der Waals surface area contributed by atoms with E-state index in [2.05, 4.69) is 38.1 Å². The van der Waals surface area contributed by atoms with Crippen LogP contribution in [0.5, 0.6) is 0 Å². The molecule has 0 aromatic carbocycles. The fourth-order valence-corrected chi connectivity index (χ4v) is 1.99. The lowest BCUT2D eigenvalue weighted by atomic mass is 10.1. The molecule has 2 aliphatic rings. The van der Waals surface area contributed by atoms with Crippen LogP contribution in [0, 0.1) is 13.8 Å². The third kappa shape index (κ3) is 1.40. The smallest absolute Gasteiger partial charge is 0.0687 e. The number of aliphatic hydroxyl groups is 1. The molecule has 72 valence electrons. The fraction of sp³-hybridized carbons (Fsp3) is 0.231. The molecule has 0 aromatic rings. The lowest BCUT2D eigenvalue weighted by molar-refractivity contribution is 0.282. The Hall–Kier alpha value is -1.34. The Balaban J connectivity index is 2.79. The number of hydrogen-bond acceptors (Lipinski definition) is 1. The van der Waals surface area contributed by atoms with Crippen molar-refractivity contribution in [2.24, 2.45) is 0 Å². The van der Waals surface area contributed by atoms with Crippen LogP contribution in [0.3, 0.4) is 0 Å². The summed E-state index contributed by atoms with van der Waals surface area (Å²) < 4.78 is 0. The van der Waals surface area contributed by atoms with E-state index in [9.17, 15) is 5.11 Å². The summed E-state index contributed by atoms with van der Waals surface area (Å²) in [6.45, 7) is 4.27. The van der Waals surface area contributed by atoms with Gasteiger partial charge >= 0.3 is 0 Å². The van der Waals surface area contributed by atoms with E-state index in [1.807, 2.05) is 6.07 Å². The Bertz CT molecular complexity index is 432. The van der Waals surface area contributed by atoms with Gasteiger partial charge in [0.25, 0.3) is 0 Å². The van der Waals surface area contributed by atoms with Crippen molar-refractivity contribution in [2.45, 2.75) is 20.5 Å². The van der Waals surface area contributed by atoms with E-state index < -0.39 is 0 Å². The summed E-state index contributed by atoms with van der Waals surface area (Å²) in [7, 11) is 0. The highest BCUT2D eigenvalue weighted by molar-refractivity contribution is 5.73. The number of hydrogen-bond donors (Lipinski definition) is 1. The van der Waals surface area contributed by atoms with E-state index in [4.69, 9.17) is 0 Å². The van der Waals surface area contributed by atoms with Crippen LogP contribution < -0.4 is 0 Å². The summed E-state index contributed by atoms with van der Waals surface area (Å²) in [5.74, 6) is 0. The van der Waals surface area contributed by atoms with E-state index in [1.54, 1.807) is 0 Å². The fourth-order valence-electron chi connectivity index (χ4n) is 1.99. The first-order chi connectivity index (χ1) is 6.72. The molecule has 0 aliphatic heterocycles. The average Bonchev–Trinajstić information content (AvgIpc) is 2.58. The predicted molar refractivity (Wildman–Crippen MR) is 58.5 cm³/mol. The van der Waals surface area contributed by atoms with Crippen molar-refractivity contribution in [3.8, 4) is 11.1 Å². The van der Waals surface area contributed by atoms with Crippen LogP contribution in [0.4, 0.5) is 0 Å². The number of rotatable bonds is 1. The van der Waals surface area contributed by atoms with Crippen molar-refractivity contribution in [2.75, 3.05) is 0 Å². The van der Waals surface area contributed by atoms with Gasteiger partial charge in [0.15, 0.2) is 0 Å². The summed E-state index contributed by atoms with van der Waals surface area (Å²) in [5.41, 5.74) is 5.88. The van der Waals surface area contributed by atoms with Crippen LogP contribution in [0.25, 0.3) is 11.1 Å². The Morgan fingerprint density at radius 1 is 1.07 bits per heavy atom. The third-order valence-corrected chi connectivity index (χ3v) is 2.60. The van der Waals surface area contributed by atoms with E-state index in [1.165, 1.54) is 16.7 Å². The molecule has 0 atom stereocenters. The molecule has 0 heterocycles. The normalized spacial score (nSPS) is 10.8. The molecule has 0 saturated carbocycles. The Morgan fingerprint density at radius 3 is 2.50 bits per heavy atom. The second kappa shape index (κ2) is 3.43. The van der Waals surface area contributed by atoms with Gasteiger partial charge in [-0.05, 0) is 36.1 Å². The predicted octanol–water partition coefficient (Wildman–Crippen LogP) is 2.90. The molecular formula is C13H14O. The summed E-state index contributed by atoms with van der Waals surface area (Å²) >= 11 is 0. The quantitative estimate of drug-likeness (QED) is 0.726. The monoisotopic (exact) mass is 186 g/mol. The van der Waals surface area contributed by atoms with Gasteiger partial charge in [0.2, 0.25) is 0 Å². The summed E-state index contributed by atoms with van der Waals surface area (Å²) in [6.07, 6.45) is 0. The molecular weight excluding hydrogens is 172 g/mol. The number of aliphatic hydroxyl groups excluding tert-OH is 1. The summed E-state index contributed by atoms with van der Waals surface area (Å²) in [5, 5.41) is 9.28. The van der Waals surface area contributed by atoms with Gasteiger partial charge in [0, 0.05) is 0 Å². The highest BCUT2D eigenvalue weighted by Crippen LogP contribution is 2.29. The topological polar surface area (TPSA) is 20.2 Å². The molecule has 0 aromatic heterocycles. The van der Waals surface area contributed by atoms with Gasteiger partial charge < -0.3 is 5.11 Å². The SMILES string of the molecule is Cc1cc(C)c2cccc-2c(CO)c1. The molecule has 0 saturated heterocycles. The largest absolute Gasteiger partial charge is 0.392 e. The molecule has 1 nitrogen and oxygen atoms in total. The molecule has 14 heavy (non-hydrogen) atoms. The first-order valence-corrected chi connectivity index (χ1v) is 4.82. The molecule has 0 bridgehead atoms. The van der Waals surface area contributed by atoms with Crippen LogP contribution in [0.1, 0.15) is 16.7 Å². The second-order valence-electron chi connectivity index (χ2n) is 3.75. The van der Waals surface area contributed by atoms with Crippen LogP contribution in [-0.2, 0) is 6.61 Å². The maximum atomic E-state index is 9.28. The van der Waals surface area contributed by atoms with Gasteiger partial charge in [0.05, 0.1) is 6.61 Å². The summed E-state index contributed by atoms with van der Waals surface area (Å²) in [4.78, 5) is 0. The second-order valence-corrected chi connectivity index (χ2v) is 3.75. The first kappa shape index (κ1) is 9.22. The van der Waals surface area contributed by atoms with Gasteiger partial charge in [-0.25, -0.2) is 0 Å². The van der Waals surface area contributed by atoms with Crippen molar-refractivity contribution < 1.29 is 5.11 Å². The van der Waals surface area contributed by atoms with Gasteiger partial charge in [-0.3, -0.25) is 0 Å². The van der Waals surface area contributed by atoms with Crippen molar-refractivity contribution >= 4 is 0 Å². The first-order valence-electron chi connectivity index (χ1n) is 4.82. The van der Waals surface area contributed by atoms with E-state index in [-0.39, 0.29) is 6.61 Å². The third-order valence-electron chi connectivity index (χ3n) is 2.60. The standard InChI is InChI=1S/C13H14O/c1-9-6-10(2)12-4-3-5-13(12)11(7-9)8-14/h3-7,14H,8H2,1-2H3. The molecule has 0 radical (unpaired) electrons. The zero-order chi connectivity index (χ0) is 10.1. The van der Waals surface area contributed by atoms with Crippen LogP contribution in [-0.4, -0.2) is 5.11 Å². The molecule has 2 aliphatic carbocycles.